The second-order valence-corrected chi connectivity index (χ2v) is 5.40. The summed E-state index contributed by atoms with van der Waals surface area (Å²) in [5, 5.41) is 3.24. The van der Waals surface area contributed by atoms with Crippen molar-refractivity contribution in [2.45, 2.75) is 13.5 Å². The number of hydrogen-bond donors (Lipinski definition) is 1. The first-order chi connectivity index (χ1) is 8.20. The van der Waals surface area contributed by atoms with Gasteiger partial charge in [-0.05, 0) is 24.7 Å². The molecule has 0 spiro atoms. The maximum atomic E-state index is 5.46. The normalized spacial score (nSPS) is 10.8. The van der Waals surface area contributed by atoms with Gasteiger partial charge in [0, 0.05) is 21.1 Å². The first-order valence-electron chi connectivity index (χ1n) is 5.30. The number of nitrogens with one attached hydrogen (secondary N) is 1. The van der Waals surface area contributed by atoms with Crippen LogP contribution in [0.15, 0.2) is 38.0 Å². The van der Waals surface area contributed by atoms with Crippen molar-refractivity contribution in [2.24, 2.45) is 0 Å². The molecular formula is C12H12Br2N2O. The fourth-order valence-electron chi connectivity index (χ4n) is 1.56. The zero-order chi connectivity index (χ0) is 12.3. The van der Waals surface area contributed by atoms with Crippen LogP contribution in [0.2, 0.25) is 0 Å². The topological polar surface area (TPSA) is 38.1 Å². The summed E-state index contributed by atoms with van der Waals surface area (Å²) in [5.41, 5.74) is 1.94. The Kier molecular flexibility index (Phi) is 4.36. The smallest absolute Gasteiger partial charge is 0.181 e. The van der Waals surface area contributed by atoms with Gasteiger partial charge in [-0.25, -0.2) is 4.98 Å². The van der Waals surface area contributed by atoms with Crippen LogP contribution in [0.5, 0.6) is 0 Å². The van der Waals surface area contributed by atoms with Crippen LogP contribution in [-0.2, 0) is 6.54 Å². The fourth-order valence-corrected chi connectivity index (χ4v) is 2.85. The van der Waals surface area contributed by atoms with Gasteiger partial charge in [-0.1, -0.05) is 38.8 Å². The minimum absolute atomic E-state index is 0.715. The Labute approximate surface area is 117 Å². The monoisotopic (exact) mass is 358 g/mol. The highest BCUT2D eigenvalue weighted by molar-refractivity contribution is 9.11. The van der Waals surface area contributed by atoms with E-state index in [1.807, 2.05) is 18.2 Å². The zero-order valence-corrected chi connectivity index (χ0v) is 12.5. The number of nitrogens with zero attached hydrogens (tertiary/aromatic N) is 1. The van der Waals surface area contributed by atoms with Crippen LogP contribution < -0.4 is 5.32 Å². The molecule has 0 fully saturated rings. The molecule has 90 valence electrons. The van der Waals surface area contributed by atoms with Gasteiger partial charge in [0.15, 0.2) is 12.2 Å². The van der Waals surface area contributed by atoms with Crippen molar-refractivity contribution < 1.29 is 4.42 Å². The minimum atomic E-state index is 0.715. The van der Waals surface area contributed by atoms with Crippen LogP contribution in [0, 0.1) is 0 Å². The summed E-state index contributed by atoms with van der Waals surface area (Å²) in [4.78, 5) is 4.23. The summed E-state index contributed by atoms with van der Waals surface area (Å²) < 4.78 is 7.48. The van der Waals surface area contributed by atoms with Gasteiger partial charge in [0.1, 0.15) is 5.69 Å². The van der Waals surface area contributed by atoms with Gasteiger partial charge in [-0.15, -0.1) is 0 Å². The molecule has 1 aromatic carbocycles. The fraction of sp³-hybridized carbons (Fsp3) is 0.250. The average molecular weight is 360 g/mol. The summed E-state index contributed by atoms with van der Waals surface area (Å²) in [5.74, 6) is 0.813. The van der Waals surface area contributed by atoms with Crippen LogP contribution in [0.25, 0.3) is 11.3 Å². The van der Waals surface area contributed by atoms with Crippen molar-refractivity contribution in [1.29, 1.82) is 0 Å². The number of rotatable bonds is 4. The average Bonchev–Trinajstić information content (AvgIpc) is 2.73. The molecule has 0 saturated heterocycles. The zero-order valence-electron chi connectivity index (χ0n) is 9.34. The second-order valence-electron chi connectivity index (χ2n) is 3.57. The molecule has 0 saturated carbocycles. The van der Waals surface area contributed by atoms with E-state index in [4.69, 9.17) is 4.42 Å². The van der Waals surface area contributed by atoms with E-state index in [0.717, 1.165) is 32.5 Å². The van der Waals surface area contributed by atoms with E-state index < -0.39 is 0 Å². The number of aromatic nitrogens is 1. The van der Waals surface area contributed by atoms with Gasteiger partial charge >= 0.3 is 0 Å². The summed E-state index contributed by atoms with van der Waals surface area (Å²) >= 11 is 6.94. The lowest BCUT2D eigenvalue weighted by Crippen LogP contribution is -2.12. The van der Waals surface area contributed by atoms with E-state index in [0.29, 0.717) is 6.54 Å². The highest BCUT2D eigenvalue weighted by Crippen LogP contribution is 2.29. The molecule has 2 rings (SSSR count). The van der Waals surface area contributed by atoms with Crippen molar-refractivity contribution in [1.82, 2.24) is 10.3 Å². The van der Waals surface area contributed by atoms with Crippen molar-refractivity contribution >= 4 is 31.9 Å². The lowest BCUT2D eigenvalue weighted by atomic mass is 10.1. The lowest BCUT2D eigenvalue weighted by molar-refractivity contribution is 0.569. The molecule has 1 N–H and O–H groups in total. The van der Waals surface area contributed by atoms with Gasteiger partial charge in [-0.3, -0.25) is 0 Å². The molecule has 3 nitrogen and oxygen atoms in total. The van der Waals surface area contributed by atoms with E-state index in [-0.39, 0.29) is 0 Å². The molecule has 1 aromatic heterocycles. The van der Waals surface area contributed by atoms with Crippen molar-refractivity contribution in [3.05, 3.63) is 39.2 Å². The molecule has 5 heteroatoms. The predicted octanol–water partition coefficient (Wildman–Crippen LogP) is 3.98. The molecule has 0 aliphatic rings. The summed E-state index contributed by atoms with van der Waals surface area (Å²) in [6.07, 6.45) is 1.48. The Hall–Kier alpha value is -0.650. The van der Waals surface area contributed by atoms with E-state index >= 15 is 0 Å². The van der Waals surface area contributed by atoms with Crippen LogP contribution in [0.1, 0.15) is 12.6 Å². The third-order valence-corrected chi connectivity index (χ3v) is 3.22. The third-order valence-electron chi connectivity index (χ3n) is 2.31. The molecule has 0 bridgehead atoms. The predicted molar refractivity (Wildman–Crippen MR) is 74.7 cm³/mol. The third kappa shape index (κ3) is 3.18. The van der Waals surface area contributed by atoms with E-state index in [2.05, 4.69) is 49.1 Å². The lowest BCUT2D eigenvalue weighted by Gasteiger charge is -2.03. The molecular weight excluding hydrogens is 348 g/mol. The number of halogens is 2. The molecule has 0 unspecified atom stereocenters. The summed E-state index contributed by atoms with van der Waals surface area (Å²) in [6.45, 7) is 3.69. The molecule has 0 amide bonds. The van der Waals surface area contributed by atoms with E-state index in [1.54, 1.807) is 0 Å². The summed E-state index contributed by atoms with van der Waals surface area (Å²) in [6, 6.07) is 6.02. The maximum Gasteiger partial charge on any atom is 0.181 e. The molecule has 0 radical (unpaired) electrons. The Morgan fingerprint density at radius 1 is 1.24 bits per heavy atom. The van der Waals surface area contributed by atoms with Gasteiger partial charge in [0.2, 0.25) is 0 Å². The molecule has 17 heavy (non-hydrogen) atoms. The SMILES string of the molecule is CCNCc1ncoc1-c1cc(Br)cc(Br)c1. The Balaban J connectivity index is 2.35. The minimum Gasteiger partial charge on any atom is -0.443 e. The Morgan fingerprint density at radius 2 is 1.94 bits per heavy atom. The van der Waals surface area contributed by atoms with Crippen molar-refractivity contribution in [3.63, 3.8) is 0 Å². The van der Waals surface area contributed by atoms with Crippen LogP contribution >= 0.6 is 31.9 Å². The largest absolute Gasteiger partial charge is 0.443 e. The van der Waals surface area contributed by atoms with Crippen LogP contribution in [0.4, 0.5) is 0 Å². The standard InChI is InChI=1S/C12H12Br2N2O/c1-2-15-6-11-12(17-7-16-11)8-3-9(13)5-10(14)4-8/h3-5,7,15H,2,6H2,1H3. The molecule has 2 aromatic rings. The first-order valence-corrected chi connectivity index (χ1v) is 6.89. The Morgan fingerprint density at radius 3 is 2.59 bits per heavy atom. The molecule has 0 aliphatic heterocycles. The molecule has 0 atom stereocenters. The van der Waals surface area contributed by atoms with Crippen LogP contribution in [-0.4, -0.2) is 11.5 Å². The van der Waals surface area contributed by atoms with E-state index in [1.165, 1.54) is 6.39 Å². The van der Waals surface area contributed by atoms with Crippen molar-refractivity contribution in [3.8, 4) is 11.3 Å². The number of oxazole rings is 1. The van der Waals surface area contributed by atoms with Gasteiger partial charge in [-0.2, -0.15) is 0 Å². The van der Waals surface area contributed by atoms with Gasteiger partial charge in [0.05, 0.1) is 0 Å². The van der Waals surface area contributed by atoms with E-state index in [9.17, 15) is 0 Å². The second kappa shape index (κ2) is 5.80. The molecule has 0 aliphatic carbocycles. The number of hydrogen-bond acceptors (Lipinski definition) is 3. The molecule has 1 heterocycles. The van der Waals surface area contributed by atoms with Crippen molar-refractivity contribution in [2.75, 3.05) is 6.54 Å². The van der Waals surface area contributed by atoms with Gasteiger partial charge < -0.3 is 9.73 Å². The highest BCUT2D eigenvalue weighted by Gasteiger charge is 2.11. The Bertz CT molecular complexity index is 491. The summed E-state index contributed by atoms with van der Waals surface area (Å²) in [7, 11) is 0. The van der Waals surface area contributed by atoms with Gasteiger partial charge in [0.25, 0.3) is 0 Å². The highest BCUT2D eigenvalue weighted by atomic mass is 79.9. The maximum absolute atomic E-state index is 5.46. The van der Waals surface area contributed by atoms with Crippen LogP contribution in [0.3, 0.4) is 0 Å². The number of benzene rings is 1. The quantitative estimate of drug-likeness (QED) is 0.897. The first kappa shape index (κ1) is 12.8.